The summed E-state index contributed by atoms with van der Waals surface area (Å²) in [6.45, 7) is 15.8. The van der Waals surface area contributed by atoms with Crippen molar-refractivity contribution >= 4 is 17.4 Å². The van der Waals surface area contributed by atoms with Crippen LogP contribution in [-0.4, -0.2) is 69.8 Å². The molecule has 0 aromatic heterocycles. The lowest BCUT2D eigenvalue weighted by Crippen LogP contribution is -2.40. The molecule has 0 aliphatic carbocycles. The number of nitrogens with one attached hydrogen (secondary N) is 2. The minimum Gasteiger partial charge on any atom is -0.371 e. The van der Waals surface area contributed by atoms with E-state index in [0.29, 0.717) is 18.4 Å². The lowest BCUT2D eigenvalue weighted by molar-refractivity contribution is 0.206. The Kier molecular flexibility index (Phi) is 7.19. The van der Waals surface area contributed by atoms with Crippen molar-refractivity contribution in [3.8, 4) is 0 Å². The first kappa shape index (κ1) is 24.0. The average Bonchev–Trinajstić information content (AvgIpc) is 3.61. The molecule has 6 heteroatoms. The van der Waals surface area contributed by atoms with E-state index < -0.39 is 0 Å². The summed E-state index contributed by atoms with van der Waals surface area (Å²) >= 11 is 0. The van der Waals surface area contributed by atoms with Gasteiger partial charge in [-0.05, 0) is 56.9 Å². The van der Waals surface area contributed by atoms with Gasteiger partial charge >= 0.3 is 6.03 Å². The number of hydrogen-bond donors (Lipinski definition) is 2. The van der Waals surface area contributed by atoms with Gasteiger partial charge in [0.25, 0.3) is 0 Å². The fourth-order valence-corrected chi connectivity index (χ4v) is 6.21. The second-order valence-corrected chi connectivity index (χ2v) is 10.9. The molecule has 2 N–H and O–H groups in total. The number of aryl methyl sites for hydroxylation is 2. The van der Waals surface area contributed by atoms with Crippen LogP contribution in [0.3, 0.4) is 0 Å². The highest BCUT2D eigenvalue weighted by Gasteiger charge is 2.41. The number of nitrogens with zero attached hydrogens (tertiary/aromatic N) is 3. The summed E-state index contributed by atoms with van der Waals surface area (Å²) in [5.74, 6) is 3.01. The van der Waals surface area contributed by atoms with Gasteiger partial charge in [0.2, 0.25) is 0 Å². The van der Waals surface area contributed by atoms with E-state index in [1.165, 1.54) is 48.7 Å². The van der Waals surface area contributed by atoms with Crippen LogP contribution in [0.4, 0.5) is 16.2 Å². The van der Waals surface area contributed by atoms with E-state index in [1.54, 1.807) is 0 Å². The van der Waals surface area contributed by atoms with Crippen molar-refractivity contribution in [2.24, 2.45) is 23.7 Å². The first-order valence-corrected chi connectivity index (χ1v) is 13.4. The van der Waals surface area contributed by atoms with Crippen molar-refractivity contribution in [1.82, 2.24) is 15.5 Å². The number of anilines is 2. The van der Waals surface area contributed by atoms with Gasteiger partial charge in [0.05, 0.1) is 0 Å². The highest BCUT2D eigenvalue weighted by molar-refractivity contribution is 5.74. The molecule has 4 heterocycles. The predicted octanol–water partition coefficient (Wildman–Crippen LogP) is 3.74. The van der Waals surface area contributed by atoms with Crippen LogP contribution in [-0.2, 0) is 0 Å². The van der Waals surface area contributed by atoms with Crippen LogP contribution >= 0.6 is 0 Å². The number of carbonyl (C=O) groups excluding carboxylic acids is 1. The van der Waals surface area contributed by atoms with Crippen LogP contribution in [0.1, 0.15) is 18.1 Å². The average molecular weight is 476 g/mol. The highest BCUT2D eigenvalue weighted by atomic mass is 16.2. The molecular weight excluding hydrogens is 434 g/mol. The smallest absolute Gasteiger partial charge is 0.317 e. The van der Waals surface area contributed by atoms with E-state index in [9.17, 15) is 4.79 Å². The van der Waals surface area contributed by atoms with Crippen LogP contribution in [0.15, 0.2) is 48.5 Å². The van der Waals surface area contributed by atoms with Crippen LogP contribution < -0.4 is 20.4 Å². The van der Waals surface area contributed by atoms with Crippen molar-refractivity contribution in [3.63, 3.8) is 0 Å². The van der Waals surface area contributed by atoms with Crippen molar-refractivity contribution in [1.29, 1.82) is 0 Å². The molecular formula is C29H41N5O. The Hall–Kier alpha value is -2.73. The number of hydrogen-bond acceptors (Lipinski definition) is 4. The maximum absolute atomic E-state index is 11.9. The number of carbonyl (C=O) groups is 1. The van der Waals surface area contributed by atoms with Gasteiger partial charge in [-0.25, -0.2) is 4.79 Å². The molecule has 4 fully saturated rings. The third kappa shape index (κ3) is 5.43. The normalized spacial score (nSPS) is 26.9. The summed E-state index contributed by atoms with van der Waals surface area (Å²) < 4.78 is 0. The molecule has 0 unspecified atom stereocenters. The van der Waals surface area contributed by atoms with Gasteiger partial charge in [0.15, 0.2) is 0 Å². The van der Waals surface area contributed by atoms with E-state index in [1.807, 2.05) is 11.8 Å². The molecule has 6 nitrogen and oxygen atoms in total. The van der Waals surface area contributed by atoms with E-state index in [0.717, 1.165) is 38.0 Å². The van der Waals surface area contributed by atoms with E-state index in [-0.39, 0.29) is 6.03 Å². The van der Waals surface area contributed by atoms with Crippen LogP contribution in [0, 0.1) is 37.5 Å². The first-order valence-electron chi connectivity index (χ1n) is 13.4. The van der Waals surface area contributed by atoms with Gasteiger partial charge in [-0.2, -0.15) is 0 Å². The van der Waals surface area contributed by atoms with Crippen molar-refractivity contribution in [2.75, 3.05) is 68.7 Å². The molecule has 6 rings (SSSR count). The molecule has 4 aliphatic heterocycles. The number of fused-ring (bicyclic) bond motifs is 2. The van der Waals surface area contributed by atoms with Crippen LogP contribution in [0.25, 0.3) is 0 Å². The fraction of sp³-hybridized carbons (Fsp3) is 0.552. The van der Waals surface area contributed by atoms with Gasteiger partial charge < -0.3 is 25.3 Å². The molecule has 0 radical (unpaired) electrons. The summed E-state index contributed by atoms with van der Waals surface area (Å²) in [7, 11) is 0. The van der Waals surface area contributed by atoms with E-state index in [4.69, 9.17) is 0 Å². The lowest BCUT2D eigenvalue weighted by atomic mass is 10.0. The second-order valence-electron chi connectivity index (χ2n) is 10.9. The molecule has 0 spiro atoms. The van der Waals surface area contributed by atoms with E-state index >= 15 is 0 Å². The van der Waals surface area contributed by atoms with Crippen molar-refractivity contribution < 1.29 is 4.79 Å². The van der Waals surface area contributed by atoms with Crippen molar-refractivity contribution in [3.05, 3.63) is 59.7 Å². The summed E-state index contributed by atoms with van der Waals surface area (Å²) in [5, 5.41) is 6.38. The minimum atomic E-state index is 0.101. The summed E-state index contributed by atoms with van der Waals surface area (Å²) in [4.78, 5) is 18.8. The highest BCUT2D eigenvalue weighted by Crippen LogP contribution is 2.34. The molecule has 35 heavy (non-hydrogen) atoms. The maximum atomic E-state index is 11.9. The number of rotatable bonds is 3. The molecule has 0 bridgehead atoms. The molecule has 4 saturated heterocycles. The summed E-state index contributed by atoms with van der Waals surface area (Å²) in [5.41, 5.74) is 5.36. The lowest BCUT2D eigenvalue weighted by Gasteiger charge is -2.23. The Labute approximate surface area is 210 Å². The predicted molar refractivity (Wildman–Crippen MR) is 144 cm³/mol. The monoisotopic (exact) mass is 475 g/mol. The van der Waals surface area contributed by atoms with Gasteiger partial charge in [-0.1, -0.05) is 35.4 Å². The summed E-state index contributed by atoms with van der Waals surface area (Å²) in [6, 6.07) is 17.8. The largest absolute Gasteiger partial charge is 0.371 e. The molecule has 0 saturated carbocycles. The SMILES string of the molecule is CCNC(=O)N1C[C@@H]2CN(c3ccc(C)cc3)C[C@@H]2C1.Cc1ccc(N2C[C@H]3CNC[C@H]3C2)cc1. The van der Waals surface area contributed by atoms with Crippen LogP contribution in [0.2, 0.25) is 0 Å². The first-order chi connectivity index (χ1) is 17.0. The topological polar surface area (TPSA) is 50.9 Å². The zero-order chi connectivity index (χ0) is 24.4. The molecule has 2 amide bonds. The Morgan fingerprint density at radius 1 is 0.743 bits per heavy atom. The minimum absolute atomic E-state index is 0.101. The zero-order valence-corrected chi connectivity index (χ0v) is 21.5. The van der Waals surface area contributed by atoms with Gasteiger partial charge in [0, 0.05) is 82.1 Å². The van der Waals surface area contributed by atoms with Gasteiger partial charge in [0.1, 0.15) is 0 Å². The third-order valence-corrected chi connectivity index (χ3v) is 8.29. The van der Waals surface area contributed by atoms with E-state index in [2.05, 4.69) is 82.8 Å². The molecule has 4 atom stereocenters. The zero-order valence-electron chi connectivity index (χ0n) is 21.5. The Bertz CT molecular complexity index is 965. The molecule has 2 aromatic carbocycles. The number of benzene rings is 2. The molecule has 4 aliphatic rings. The summed E-state index contributed by atoms with van der Waals surface area (Å²) in [6.07, 6.45) is 0. The number of urea groups is 1. The fourth-order valence-electron chi connectivity index (χ4n) is 6.21. The Morgan fingerprint density at radius 3 is 1.60 bits per heavy atom. The third-order valence-electron chi connectivity index (χ3n) is 8.29. The van der Waals surface area contributed by atoms with Gasteiger partial charge in [-0.3, -0.25) is 0 Å². The molecule has 2 aromatic rings. The number of likely N-dealkylation sites (tertiary alicyclic amines) is 1. The van der Waals surface area contributed by atoms with Crippen molar-refractivity contribution in [2.45, 2.75) is 20.8 Å². The Morgan fingerprint density at radius 2 is 1.17 bits per heavy atom. The standard InChI is InChI=1S/C16H23N3O.C13H18N2/c1-3-17-16(20)19-10-13-8-18(9-14(13)11-19)15-6-4-12(2)5-7-15;1-10-2-4-13(5-3-10)15-8-11-6-14-7-12(11)9-15/h4-7,13-14H,3,8-11H2,1-2H3,(H,17,20);2-5,11-12,14H,6-9H2,1H3/t13-,14+;11-,12+. The molecule has 188 valence electrons. The van der Waals surface area contributed by atoms with Crippen LogP contribution in [0.5, 0.6) is 0 Å². The number of amides is 2. The van der Waals surface area contributed by atoms with Gasteiger partial charge in [-0.15, -0.1) is 0 Å². The quantitative estimate of drug-likeness (QED) is 0.710. The Balaban J connectivity index is 0.000000151. The maximum Gasteiger partial charge on any atom is 0.317 e. The second kappa shape index (κ2) is 10.5.